The maximum Gasteiger partial charge on any atom is 0.0438 e. The van der Waals surface area contributed by atoms with Crippen LogP contribution in [0.15, 0.2) is 11.6 Å². The maximum atomic E-state index is 3.75. The highest BCUT2D eigenvalue weighted by molar-refractivity contribution is 5.13. The second-order valence-corrected chi connectivity index (χ2v) is 5.88. The molecular formula is C15H30N2. The molecule has 0 aromatic carbocycles. The number of likely N-dealkylation sites (N-methyl/N-ethyl adjacent to an activating group) is 1. The van der Waals surface area contributed by atoms with Crippen LogP contribution in [0.3, 0.4) is 0 Å². The van der Waals surface area contributed by atoms with Crippen molar-refractivity contribution in [3.05, 3.63) is 11.6 Å². The fourth-order valence-electron chi connectivity index (χ4n) is 3.06. The molecule has 1 atom stereocenters. The van der Waals surface area contributed by atoms with Gasteiger partial charge in [0.05, 0.1) is 0 Å². The molecule has 2 nitrogen and oxygen atoms in total. The van der Waals surface area contributed by atoms with Crippen LogP contribution in [0.5, 0.6) is 0 Å². The number of hydrogen-bond acceptors (Lipinski definition) is 2. The van der Waals surface area contributed by atoms with Crippen molar-refractivity contribution in [2.75, 3.05) is 20.6 Å². The second-order valence-electron chi connectivity index (χ2n) is 5.88. The molecule has 100 valence electrons. The molecule has 0 heterocycles. The van der Waals surface area contributed by atoms with Gasteiger partial charge < -0.3 is 10.2 Å². The maximum absolute atomic E-state index is 3.75. The Bertz CT molecular complexity index is 246. The van der Waals surface area contributed by atoms with E-state index in [1.54, 1.807) is 0 Å². The highest BCUT2D eigenvalue weighted by Crippen LogP contribution is 2.37. The zero-order valence-corrected chi connectivity index (χ0v) is 12.3. The average Bonchev–Trinajstić information content (AvgIpc) is 2.73. The molecule has 1 unspecified atom stereocenters. The molecule has 2 heteroatoms. The molecule has 0 aliphatic heterocycles. The van der Waals surface area contributed by atoms with Crippen LogP contribution >= 0.6 is 0 Å². The summed E-state index contributed by atoms with van der Waals surface area (Å²) >= 11 is 0. The molecule has 0 bridgehead atoms. The summed E-state index contributed by atoms with van der Waals surface area (Å²) in [6.45, 7) is 7.77. The van der Waals surface area contributed by atoms with Crippen molar-refractivity contribution in [1.29, 1.82) is 0 Å². The lowest BCUT2D eigenvalue weighted by molar-refractivity contribution is 0.124. The zero-order valence-electron chi connectivity index (χ0n) is 12.3. The third-order valence-corrected chi connectivity index (χ3v) is 4.05. The lowest BCUT2D eigenvalue weighted by Crippen LogP contribution is -2.56. The van der Waals surface area contributed by atoms with Gasteiger partial charge in [-0.2, -0.15) is 0 Å². The van der Waals surface area contributed by atoms with E-state index in [-0.39, 0.29) is 0 Å². The van der Waals surface area contributed by atoms with Crippen LogP contribution < -0.4 is 5.32 Å². The Morgan fingerprint density at radius 1 is 1.29 bits per heavy atom. The van der Waals surface area contributed by atoms with Crippen molar-refractivity contribution in [2.45, 2.75) is 64.5 Å². The summed E-state index contributed by atoms with van der Waals surface area (Å²) in [5, 5.41) is 3.75. The molecule has 0 radical (unpaired) electrons. The Kier molecular flexibility index (Phi) is 5.68. The van der Waals surface area contributed by atoms with E-state index in [0.29, 0.717) is 11.6 Å². The number of rotatable bonds is 6. The van der Waals surface area contributed by atoms with E-state index in [4.69, 9.17) is 0 Å². The minimum absolute atomic E-state index is 0.340. The topological polar surface area (TPSA) is 15.3 Å². The van der Waals surface area contributed by atoms with Gasteiger partial charge in [0.25, 0.3) is 0 Å². The van der Waals surface area contributed by atoms with E-state index >= 15 is 0 Å². The zero-order chi connectivity index (χ0) is 12.9. The first-order valence-corrected chi connectivity index (χ1v) is 7.09. The summed E-state index contributed by atoms with van der Waals surface area (Å²) in [7, 11) is 4.48. The average molecular weight is 238 g/mol. The quantitative estimate of drug-likeness (QED) is 0.715. The van der Waals surface area contributed by atoms with E-state index in [1.165, 1.54) is 37.7 Å². The van der Waals surface area contributed by atoms with Crippen LogP contribution in [0, 0.1) is 0 Å². The van der Waals surface area contributed by atoms with Crippen molar-refractivity contribution < 1.29 is 0 Å². The van der Waals surface area contributed by atoms with Gasteiger partial charge in [0.15, 0.2) is 0 Å². The van der Waals surface area contributed by atoms with Crippen LogP contribution in [-0.4, -0.2) is 37.1 Å². The molecule has 0 aromatic heterocycles. The van der Waals surface area contributed by atoms with Gasteiger partial charge in [-0.15, -0.1) is 0 Å². The van der Waals surface area contributed by atoms with Crippen molar-refractivity contribution in [3.63, 3.8) is 0 Å². The van der Waals surface area contributed by atoms with Gasteiger partial charge in [-0.05, 0) is 53.8 Å². The summed E-state index contributed by atoms with van der Waals surface area (Å²) in [4.78, 5) is 2.45. The van der Waals surface area contributed by atoms with Gasteiger partial charge in [-0.25, -0.2) is 0 Å². The molecule has 1 fully saturated rings. The van der Waals surface area contributed by atoms with Gasteiger partial charge in [0.1, 0.15) is 0 Å². The molecule has 1 N–H and O–H groups in total. The summed E-state index contributed by atoms with van der Waals surface area (Å²) in [6.07, 6.45) is 9.03. The van der Waals surface area contributed by atoms with Gasteiger partial charge in [-0.3, -0.25) is 0 Å². The minimum atomic E-state index is 0.340. The first kappa shape index (κ1) is 14.7. The molecule has 0 spiro atoms. The molecule has 0 aromatic rings. The molecule has 17 heavy (non-hydrogen) atoms. The van der Waals surface area contributed by atoms with Crippen molar-refractivity contribution in [1.82, 2.24) is 10.2 Å². The number of nitrogens with zero attached hydrogens (tertiary/aromatic N) is 1. The largest absolute Gasteiger partial charge is 0.309 e. The predicted octanol–water partition coefficient (Wildman–Crippen LogP) is 3.20. The third kappa shape index (κ3) is 3.56. The van der Waals surface area contributed by atoms with E-state index < -0.39 is 0 Å². The van der Waals surface area contributed by atoms with Crippen LogP contribution in [-0.2, 0) is 0 Å². The normalized spacial score (nSPS) is 20.6. The number of nitrogens with one attached hydrogen (secondary N) is 1. The molecule has 1 rings (SSSR count). The van der Waals surface area contributed by atoms with Crippen molar-refractivity contribution in [2.24, 2.45) is 0 Å². The Hall–Kier alpha value is -0.340. The molecular weight excluding hydrogens is 208 g/mol. The summed E-state index contributed by atoms with van der Waals surface area (Å²) < 4.78 is 0. The molecule has 0 saturated heterocycles. The fourth-order valence-corrected chi connectivity index (χ4v) is 3.06. The van der Waals surface area contributed by atoms with E-state index in [0.717, 1.165) is 6.54 Å². The first-order valence-electron chi connectivity index (χ1n) is 7.09. The molecule has 1 aliphatic carbocycles. The van der Waals surface area contributed by atoms with E-state index in [1.807, 2.05) is 0 Å². The highest BCUT2D eigenvalue weighted by Gasteiger charge is 2.41. The van der Waals surface area contributed by atoms with Crippen LogP contribution in [0.4, 0.5) is 0 Å². The summed E-state index contributed by atoms with van der Waals surface area (Å²) in [6, 6.07) is 0.505. The number of allylic oxidation sites excluding steroid dienone is 1. The van der Waals surface area contributed by atoms with E-state index in [2.05, 4.69) is 51.2 Å². The smallest absolute Gasteiger partial charge is 0.0438 e. The summed E-state index contributed by atoms with van der Waals surface area (Å²) in [5.74, 6) is 0. The van der Waals surface area contributed by atoms with Gasteiger partial charge >= 0.3 is 0 Å². The highest BCUT2D eigenvalue weighted by atomic mass is 15.2. The van der Waals surface area contributed by atoms with Gasteiger partial charge in [-0.1, -0.05) is 31.4 Å². The predicted molar refractivity (Wildman–Crippen MR) is 76.4 cm³/mol. The van der Waals surface area contributed by atoms with Crippen molar-refractivity contribution >= 4 is 0 Å². The lowest BCUT2D eigenvalue weighted by atomic mass is 9.85. The monoisotopic (exact) mass is 238 g/mol. The van der Waals surface area contributed by atoms with Crippen LogP contribution in [0.1, 0.15) is 52.9 Å². The summed E-state index contributed by atoms with van der Waals surface area (Å²) in [5.41, 5.74) is 1.76. The van der Waals surface area contributed by atoms with Crippen LogP contribution in [0.25, 0.3) is 0 Å². The molecule has 1 aliphatic rings. The Morgan fingerprint density at radius 2 is 1.88 bits per heavy atom. The number of hydrogen-bond donors (Lipinski definition) is 1. The van der Waals surface area contributed by atoms with Crippen LogP contribution in [0.2, 0.25) is 0 Å². The fraction of sp³-hybridized carbons (Fsp3) is 0.867. The SMILES string of the molecule is CCCNC(C=C(C)C)C1(N(C)C)CCCC1. The Morgan fingerprint density at radius 3 is 2.29 bits per heavy atom. The van der Waals surface area contributed by atoms with E-state index in [9.17, 15) is 0 Å². The standard InChI is InChI=1S/C15H30N2/c1-6-11-16-14(12-13(2)3)15(17(4)5)9-7-8-10-15/h12,14,16H,6-11H2,1-5H3. The second kappa shape index (κ2) is 6.55. The Balaban J connectivity index is 2.88. The third-order valence-electron chi connectivity index (χ3n) is 4.05. The van der Waals surface area contributed by atoms with Gasteiger partial charge in [0.2, 0.25) is 0 Å². The molecule has 1 saturated carbocycles. The molecule has 0 amide bonds. The first-order chi connectivity index (χ1) is 8.03. The Labute approximate surface area is 107 Å². The van der Waals surface area contributed by atoms with Gasteiger partial charge in [0, 0.05) is 11.6 Å². The van der Waals surface area contributed by atoms with Crippen molar-refractivity contribution in [3.8, 4) is 0 Å². The lowest BCUT2D eigenvalue weighted by Gasteiger charge is -2.43. The minimum Gasteiger partial charge on any atom is -0.309 e.